The van der Waals surface area contributed by atoms with Crippen LogP contribution in [0.4, 0.5) is 5.69 Å². The van der Waals surface area contributed by atoms with Crippen LogP contribution < -0.4 is 4.90 Å². The molecule has 3 rings (SSSR count). The maximum atomic E-state index is 12.9. The summed E-state index contributed by atoms with van der Waals surface area (Å²) in [5.41, 5.74) is 1.70. The zero-order valence-electron chi connectivity index (χ0n) is 14.1. The molecular weight excluding hydrogens is 332 g/mol. The van der Waals surface area contributed by atoms with Crippen molar-refractivity contribution in [3.8, 4) is 5.75 Å². The van der Waals surface area contributed by atoms with Crippen LogP contribution in [0, 0.1) is 0 Å². The zero-order chi connectivity index (χ0) is 17.6. The van der Waals surface area contributed by atoms with E-state index in [-0.39, 0.29) is 11.7 Å². The van der Waals surface area contributed by atoms with Gasteiger partial charge in [-0.05, 0) is 54.1 Å². The van der Waals surface area contributed by atoms with Gasteiger partial charge in [0.25, 0.3) is 5.91 Å². The summed E-state index contributed by atoms with van der Waals surface area (Å²) >= 11 is 1.40. The molecule has 25 heavy (non-hydrogen) atoms. The molecule has 2 aromatic rings. The van der Waals surface area contributed by atoms with Crippen molar-refractivity contribution >= 4 is 34.6 Å². The number of benzene rings is 2. The molecule has 0 aromatic heterocycles. The fourth-order valence-corrected chi connectivity index (χ4v) is 3.44. The van der Waals surface area contributed by atoms with E-state index >= 15 is 0 Å². The fraction of sp³-hybridized carbons (Fsp3) is 0.200. The van der Waals surface area contributed by atoms with Crippen molar-refractivity contribution in [2.75, 3.05) is 11.4 Å². The second-order valence-corrected chi connectivity index (χ2v) is 6.71. The largest absolute Gasteiger partial charge is 0.508 e. The minimum Gasteiger partial charge on any atom is -0.508 e. The van der Waals surface area contributed by atoms with E-state index in [1.165, 1.54) is 11.8 Å². The summed E-state index contributed by atoms with van der Waals surface area (Å²) in [6, 6.07) is 16.4. The van der Waals surface area contributed by atoms with Crippen LogP contribution in [-0.2, 0) is 4.79 Å². The van der Waals surface area contributed by atoms with Crippen LogP contribution >= 0.6 is 11.8 Å². The summed E-state index contributed by atoms with van der Waals surface area (Å²) in [4.78, 5) is 19.9. The van der Waals surface area contributed by atoms with Crippen LogP contribution in [0.2, 0.25) is 0 Å². The Bertz CT molecular complexity index is 798. The monoisotopic (exact) mass is 352 g/mol. The molecule has 1 saturated heterocycles. The summed E-state index contributed by atoms with van der Waals surface area (Å²) < 4.78 is 0. The Kier molecular flexibility index (Phi) is 5.56. The maximum Gasteiger partial charge on any atom is 0.271 e. The Labute approximate surface area is 151 Å². The fourth-order valence-electron chi connectivity index (χ4n) is 2.44. The second-order valence-electron chi connectivity index (χ2n) is 5.70. The van der Waals surface area contributed by atoms with Crippen molar-refractivity contribution in [3.63, 3.8) is 0 Å². The molecule has 128 valence electrons. The molecule has 0 atom stereocenters. The lowest BCUT2D eigenvalue weighted by Gasteiger charge is -2.15. The number of nitrogens with zero attached hydrogens (tertiary/aromatic N) is 2. The average molecular weight is 352 g/mol. The first kappa shape index (κ1) is 17.3. The minimum atomic E-state index is -0.0699. The number of phenols is 1. The molecule has 1 amide bonds. The minimum absolute atomic E-state index is 0.0699. The van der Waals surface area contributed by atoms with E-state index in [0.29, 0.717) is 11.4 Å². The maximum absolute atomic E-state index is 12.9. The standard InChI is InChI=1S/C20H20N2O2S/c1-2-3-13-21-20-22(16-7-5-4-6-8-16)19(24)18(25-20)14-15-9-11-17(23)12-10-15/h4-12,14,23H,2-3,13H2,1H3. The van der Waals surface area contributed by atoms with Gasteiger partial charge in [-0.3, -0.25) is 14.7 Å². The smallest absolute Gasteiger partial charge is 0.271 e. The number of hydrogen-bond donors (Lipinski definition) is 1. The van der Waals surface area contributed by atoms with Crippen LogP contribution in [0.15, 0.2) is 64.5 Å². The molecule has 0 aliphatic carbocycles. The predicted octanol–water partition coefficient (Wildman–Crippen LogP) is 4.67. The van der Waals surface area contributed by atoms with Gasteiger partial charge in [0.05, 0.1) is 10.6 Å². The predicted molar refractivity (Wildman–Crippen MR) is 105 cm³/mol. The van der Waals surface area contributed by atoms with Gasteiger partial charge in [0.1, 0.15) is 5.75 Å². The lowest BCUT2D eigenvalue weighted by molar-refractivity contribution is -0.113. The van der Waals surface area contributed by atoms with E-state index in [2.05, 4.69) is 11.9 Å². The third-order valence-corrected chi connectivity index (χ3v) is 4.78. The molecule has 1 heterocycles. The van der Waals surface area contributed by atoms with E-state index < -0.39 is 0 Å². The first-order chi connectivity index (χ1) is 12.2. The van der Waals surface area contributed by atoms with Gasteiger partial charge >= 0.3 is 0 Å². The third kappa shape index (κ3) is 4.12. The molecule has 4 nitrogen and oxygen atoms in total. The first-order valence-corrected chi connectivity index (χ1v) is 9.13. The number of aromatic hydroxyl groups is 1. The lowest BCUT2D eigenvalue weighted by Crippen LogP contribution is -2.28. The molecule has 0 spiro atoms. The number of hydrogen-bond acceptors (Lipinski definition) is 4. The van der Waals surface area contributed by atoms with E-state index in [1.807, 2.05) is 36.4 Å². The Morgan fingerprint density at radius 3 is 2.52 bits per heavy atom. The van der Waals surface area contributed by atoms with Crippen LogP contribution in [0.1, 0.15) is 25.3 Å². The van der Waals surface area contributed by atoms with Crippen LogP contribution in [0.25, 0.3) is 6.08 Å². The van der Waals surface area contributed by atoms with Crippen LogP contribution in [0.5, 0.6) is 5.75 Å². The van der Waals surface area contributed by atoms with E-state index in [4.69, 9.17) is 0 Å². The van der Waals surface area contributed by atoms with Crippen molar-refractivity contribution in [2.24, 2.45) is 4.99 Å². The number of carbonyl (C=O) groups excluding carboxylic acids is 1. The number of thioether (sulfide) groups is 1. The molecule has 1 aliphatic rings. The number of para-hydroxylation sites is 1. The van der Waals surface area contributed by atoms with E-state index in [1.54, 1.807) is 29.2 Å². The average Bonchev–Trinajstić information content (AvgIpc) is 2.93. The van der Waals surface area contributed by atoms with Gasteiger partial charge in [-0.15, -0.1) is 0 Å². The normalized spacial score (nSPS) is 17.6. The number of unbranched alkanes of at least 4 members (excludes halogenated alkanes) is 1. The van der Waals surface area contributed by atoms with Gasteiger partial charge in [-0.1, -0.05) is 43.7 Å². The van der Waals surface area contributed by atoms with E-state index in [0.717, 1.165) is 29.3 Å². The molecule has 0 bridgehead atoms. The van der Waals surface area contributed by atoms with Crippen molar-refractivity contribution < 1.29 is 9.90 Å². The number of carbonyl (C=O) groups is 1. The number of aliphatic imine (C=N–C) groups is 1. The molecule has 0 unspecified atom stereocenters. The molecule has 5 heteroatoms. The highest BCUT2D eigenvalue weighted by molar-refractivity contribution is 8.19. The summed E-state index contributed by atoms with van der Waals surface area (Å²) in [5, 5.41) is 10.1. The molecule has 1 fully saturated rings. The van der Waals surface area contributed by atoms with Gasteiger partial charge in [0.15, 0.2) is 5.17 Å². The SMILES string of the molecule is CCCCN=C1SC(=Cc2ccc(O)cc2)C(=O)N1c1ccccc1. The van der Waals surface area contributed by atoms with Crippen molar-refractivity contribution in [1.29, 1.82) is 0 Å². The molecule has 1 aliphatic heterocycles. The molecule has 2 aromatic carbocycles. The summed E-state index contributed by atoms with van der Waals surface area (Å²) in [6.45, 7) is 2.83. The number of phenolic OH excluding ortho intramolecular Hbond substituents is 1. The summed E-state index contributed by atoms with van der Waals surface area (Å²) in [6.07, 6.45) is 3.90. The molecule has 0 radical (unpaired) electrons. The van der Waals surface area contributed by atoms with Gasteiger partial charge in [0.2, 0.25) is 0 Å². The molecular formula is C20H20N2O2S. The molecule has 0 saturated carbocycles. The van der Waals surface area contributed by atoms with Gasteiger partial charge in [-0.2, -0.15) is 0 Å². The Balaban J connectivity index is 1.93. The summed E-state index contributed by atoms with van der Waals surface area (Å²) in [7, 11) is 0. The topological polar surface area (TPSA) is 52.9 Å². The van der Waals surface area contributed by atoms with Gasteiger partial charge < -0.3 is 5.11 Å². The lowest BCUT2D eigenvalue weighted by atomic mass is 10.2. The third-order valence-electron chi connectivity index (χ3n) is 3.77. The Morgan fingerprint density at radius 1 is 1.12 bits per heavy atom. The van der Waals surface area contributed by atoms with Crippen molar-refractivity contribution in [3.05, 3.63) is 65.1 Å². The highest BCUT2D eigenvalue weighted by Crippen LogP contribution is 2.36. The number of anilines is 1. The Morgan fingerprint density at radius 2 is 1.84 bits per heavy atom. The Hall–Kier alpha value is -2.53. The number of amides is 1. The van der Waals surface area contributed by atoms with Crippen molar-refractivity contribution in [1.82, 2.24) is 0 Å². The summed E-state index contributed by atoms with van der Waals surface area (Å²) in [5.74, 6) is 0.139. The van der Waals surface area contributed by atoms with Crippen LogP contribution in [-0.4, -0.2) is 22.7 Å². The molecule has 1 N–H and O–H groups in total. The quantitative estimate of drug-likeness (QED) is 0.628. The first-order valence-electron chi connectivity index (χ1n) is 8.31. The van der Waals surface area contributed by atoms with Crippen molar-refractivity contribution in [2.45, 2.75) is 19.8 Å². The van der Waals surface area contributed by atoms with Gasteiger partial charge in [0, 0.05) is 6.54 Å². The second kappa shape index (κ2) is 8.03. The highest BCUT2D eigenvalue weighted by atomic mass is 32.2. The zero-order valence-corrected chi connectivity index (χ0v) is 14.9. The number of rotatable bonds is 5. The number of amidine groups is 1. The van der Waals surface area contributed by atoms with E-state index in [9.17, 15) is 9.90 Å². The van der Waals surface area contributed by atoms with Gasteiger partial charge in [-0.25, -0.2) is 0 Å². The highest BCUT2D eigenvalue weighted by Gasteiger charge is 2.34. The van der Waals surface area contributed by atoms with Crippen LogP contribution in [0.3, 0.4) is 0 Å².